The van der Waals surface area contributed by atoms with Crippen LogP contribution in [-0.2, 0) is 33.3 Å². The van der Waals surface area contributed by atoms with Gasteiger partial charge in [-0.3, -0.25) is 9.59 Å². The molecule has 87 heavy (non-hydrogen) atoms. The minimum absolute atomic E-state index is 0.143. The highest BCUT2D eigenvalue weighted by atomic mass is 16.7. The standard InChI is InChI=1S/C78H133NO8/c1-6-8-10-12-14-16-18-20-22-24-26-28-30-32-33-34-35-36-37-38-39-40-41-42-43-45-47-49-51-53-55-57-59-61-63-65-67-69-76(81)87-74(73-86-78(77(82)83)84-71-70-79(3,4)5)72-85-75(80)68-66-64-62-60-58-56-54-52-50-48-46-44-31-29-27-25-23-21-19-17-15-13-11-9-7-2/h8,10,14,16,19-22,25-28,31-33,35-36,38-39,44,74,78H,6-7,9,11-13,15,17-18,23-24,29-30,34,37,40-43,45-73H2,1-5H3/b10-8-,16-14-,21-19-,22-20-,27-25-,28-26-,33-32-,36-35-,39-38-,44-31-. The molecule has 2 unspecified atom stereocenters. The van der Waals surface area contributed by atoms with Crippen LogP contribution in [0.2, 0.25) is 0 Å². The summed E-state index contributed by atoms with van der Waals surface area (Å²) in [6, 6.07) is 0. The van der Waals surface area contributed by atoms with Crippen LogP contribution in [0.4, 0.5) is 0 Å². The van der Waals surface area contributed by atoms with Crippen molar-refractivity contribution < 1.29 is 42.9 Å². The van der Waals surface area contributed by atoms with E-state index in [1.807, 2.05) is 21.1 Å². The number of hydrogen-bond donors (Lipinski definition) is 0. The highest BCUT2D eigenvalue weighted by molar-refractivity contribution is 5.70. The maximum atomic E-state index is 12.9. The Morgan fingerprint density at radius 1 is 0.356 bits per heavy atom. The van der Waals surface area contributed by atoms with E-state index in [9.17, 15) is 19.5 Å². The average Bonchev–Trinajstić information content (AvgIpc) is 3.57. The second-order valence-corrected chi connectivity index (χ2v) is 24.8. The second-order valence-electron chi connectivity index (χ2n) is 24.8. The van der Waals surface area contributed by atoms with Crippen LogP contribution >= 0.6 is 0 Å². The van der Waals surface area contributed by atoms with E-state index in [0.717, 1.165) is 96.3 Å². The van der Waals surface area contributed by atoms with Crippen LogP contribution in [-0.4, -0.2) is 82.3 Å². The van der Waals surface area contributed by atoms with E-state index in [-0.39, 0.29) is 38.6 Å². The van der Waals surface area contributed by atoms with E-state index >= 15 is 0 Å². The predicted octanol–water partition coefficient (Wildman–Crippen LogP) is 21.0. The number of aliphatic carboxylic acids is 1. The molecule has 0 saturated carbocycles. The Morgan fingerprint density at radius 3 is 0.977 bits per heavy atom. The molecule has 0 spiro atoms. The first-order chi connectivity index (χ1) is 42.6. The van der Waals surface area contributed by atoms with Crippen molar-refractivity contribution in [3.63, 3.8) is 0 Å². The molecular formula is C78H133NO8. The van der Waals surface area contributed by atoms with Gasteiger partial charge >= 0.3 is 11.9 Å². The first-order valence-electron chi connectivity index (χ1n) is 35.7. The molecule has 0 radical (unpaired) electrons. The molecule has 0 aromatic heterocycles. The average molecular weight is 1210 g/mol. The lowest BCUT2D eigenvalue weighted by molar-refractivity contribution is -0.870. The molecule has 498 valence electrons. The van der Waals surface area contributed by atoms with Gasteiger partial charge in [-0.15, -0.1) is 0 Å². The van der Waals surface area contributed by atoms with E-state index in [2.05, 4.69) is 135 Å². The second kappa shape index (κ2) is 67.6. The Hall–Kier alpha value is -4.31. The summed E-state index contributed by atoms with van der Waals surface area (Å²) >= 11 is 0. The van der Waals surface area contributed by atoms with Crippen LogP contribution in [0.25, 0.3) is 0 Å². The van der Waals surface area contributed by atoms with E-state index in [0.29, 0.717) is 17.4 Å². The molecule has 0 aromatic rings. The number of carboxylic acid groups (broad SMARTS) is 1. The van der Waals surface area contributed by atoms with Crippen molar-refractivity contribution in [2.75, 3.05) is 47.5 Å². The minimum atomic E-state index is -1.63. The molecule has 2 atom stereocenters. The van der Waals surface area contributed by atoms with Crippen LogP contribution < -0.4 is 5.11 Å². The zero-order valence-electron chi connectivity index (χ0n) is 56.9. The van der Waals surface area contributed by atoms with Crippen molar-refractivity contribution >= 4 is 17.9 Å². The molecule has 0 aliphatic rings. The van der Waals surface area contributed by atoms with Crippen molar-refractivity contribution in [2.24, 2.45) is 0 Å². The largest absolute Gasteiger partial charge is 0.545 e. The number of likely N-dealkylation sites (N-methyl/N-ethyl adjacent to an activating group) is 1. The van der Waals surface area contributed by atoms with Crippen molar-refractivity contribution in [3.8, 4) is 0 Å². The fourth-order valence-corrected chi connectivity index (χ4v) is 9.76. The van der Waals surface area contributed by atoms with Crippen LogP contribution in [0, 0.1) is 0 Å². The zero-order chi connectivity index (χ0) is 63.3. The van der Waals surface area contributed by atoms with Crippen LogP contribution in [0.15, 0.2) is 122 Å². The van der Waals surface area contributed by atoms with Crippen LogP contribution in [0.5, 0.6) is 0 Å². The number of allylic oxidation sites excluding steroid dienone is 20. The third-order valence-electron chi connectivity index (χ3n) is 15.2. The molecule has 0 aliphatic heterocycles. The maximum absolute atomic E-state index is 12.9. The Balaban J connectivity index is 4.12. The number of esters is 2. The molecule has 9 nitrogen and oxygen atoms in total. The van der Waals surface area contributed by atoms with Crippen LogP contribution in [0.3, 0.4) is 0 Å². The van der Waals surface area contributed by atoms with Gasteiger partial charge in [0.2, 0.25) is 0 Å². The number of quaternary nitrogens is 1. The lowest BCUT2D eigenvalue weighted by atomic mass is 10.0. The molecular weight excluding hydrogens is 1080 g/mol. The first kappa shape index (κ1) is 82.7. The summed E-state index contributed by atoms with van der Waals surface area (Å²) in [5.41, 5.74) is 0. The molecule has 0 fully saturated rings. The van der Waals surface area contributed by atoms with Gasteiger partial charge < -0.3 is 33.3 Å². The van der Waals surface area contributed by atoms with Gasteiger partial charge in [0, 0.05) is 12.8 Å². The summed E-state index contributed by atoms with van der Waals surface area (Å²) in [6.07, 6.45) is 92.7. The molecule has 0 aromatic carbocycles. The Labute approximate surface area is 536 Å². The Morgan fingerprint density at radius 2 is 0.655 bits per heavy atom. The number of rotatable bonds is 65. The lowest BCUT2D eigenvalue weighted by Crippen LogP contribution is -2.44. The van der Waals surface area contributed by atoms with Gasteiger partial charge in [0.05, 0.1) is 40.3 Å². The zero-order valence-corrected chi connectivity index (χ0v) is 56.9. The van der Waals surface area contributed by atoms with Gasteiger partial charge in [0.1, 0.15) is 13.2 Å². The van der Waals surface area contributed by atoms with Gasteiger partial charge in [-0.05, 0) is 109 Å². The number of unbranched alkanes of at least 4 members (excludes halogenated alkanes) is 30. The van der Waals surface area contributed by atoms with E-state index in [1.54, 1.807) is 0 Å². The highest BCUT2D eigenvalue weighted by Gasteiger charge is 2.22. The quantitative estimate of drug-likeness (QED) is 0.0195. The smallest absolute Gasteiger partial charge is 0.306 e. The number of carbonyl (C=O) groups excluding carboxylic acids is 3. The van der Waals surface area contributed by atoms with Crippen molar-refractivity contribution in [1.29, 1.82) is 0 Å². The van der Waals surface area contributed by atoms with Crippen molar-refractivity contribution in [2.45, 2.75) is 309 Å². The van der Waals surface area contributed by atoms with Crippen molar-refractivity contribution in [1.82, 2.24) is 0 Å². The number of carboxylic acids is 1. The third-order valence-corrected chi connectivity index (χ3v) is 15.2. The SMILES string of the molecule is CC/C=C\C/C=C\C/C=C\C/C=C\C/C=C\C/C=C\C/C=C\CCCCCCCCCCCCCCCCCC(=O)OC(COC(=O)CCCCCCCCCCCC/C=C\C/C=C\C/C=C\CCCCCCC)COC(OCC[N+](C)(C)C)C(=O)[O-]. The molecule has 0 N–H and O–H groups in total. The number of ether oxygens (including phenoxy) is 4. The molecule has 0 rings (SSSR count). The molecule has 0 aliphatic carbocycles. The molecule has 0 heterocycles. The van der Waals surface area contributed by atoms with E-state index in [1.165, 1.54) is 167 Å². The fourth-order valence-electron chi connectivity index (χ4n) is 9.76. The number of hydrogen-bond acceptors (Lipinski definition) is 8. The summed E-state index contributed by atoms with van der Waals surface area (Å²) in [5, 5.41) is 11.8. The fraction of sp³-hybridized carbons (Fsp3) is 0.705. The van der Waals surface area contributed by atoms with Gasteiger partial charge in [0.15, 0.2) is 12.4 Å². The summed E-state index contributed by atoms with van der Waals surface area (Å²) in [7, 11) is 5.93. The number of nitrogens with zero attached hydrogens (tertiary/aromatic N) is 1. The maximum Gasteiger partial charge on any atom is 0.306 e. The molecule has 0 bridgehead atoms. The van der Waals surface area contributed by atoms with Gasteiger partial charge in [-0.1, -0.05) is 296 Å². The topological polar surface area (TPSA) is 111 Å². The predicted molar refractivity (Wildman–Crippen MR) is 370 cm³/mol. The van der Waals surface area contributed by atoms with E-state index in [4.69, 9.17) is 18.9 Å². The minimum Gasteiger partial charge on any atom is -0.545 e. The molecule has 0 saturated heterocycles. The molecule has 0 amide bonds. The normalized spacial score (nSPS) is 13.4. The van der Waals surface area contributed by atoms with Gasteiger partial charge in [-0.2, -0.15) is 0 Å². The van der Waals surface area contributed by atoms with Gasteiger partial charge in [-0.25, -0.2) is 0 Å². The van der Waals surface area contributed by atoms with Crippen LogP contribution in [0.1, 0.15) is 296 Å². The monoisotopic (exact) mass is 1210 g/mol. The molecule has 9 heteroatoms. The Kier molecular flexibility index (Phi) is 64.3. The summed E-state index contributed by atoms with van der Waals surface area (Å²) in [6.45, 7) is 4.63. The first-order valence-corrected chi connectivity index (χ1v) is 35.7. The van der Waals surface area contributed by atoms with Gasteiger partial charge in [0.25, 0.3) is 0 Å². The third kappa shape index (κ3) is 69.0. The summed E-state index contributed by atoms with van der Waals surface area (Å²) in [4.78, 5) is 37.5. The lowest BCUT2D eigenvalue weighted by Gasteiger charge is -2.26. The highest BCUT2D eigenvalue weighted by Crippen LogP contribution is 2.17. The van der Waals surface area contributed by atoms with E-state index < -0.39 is 24.3 Å². The summed E-state index contributed by atoms with van der Waals surface area (Å²) < 4.78 is 22.8. The number of carbonyl (C=O) groups is 3. The Bertz CT molecular complexity index is 1840. The van der Waals surface area contributed by atoms with Crippen molar-refractivity contribution in [3.05, 3.63) is 122 Å². The summed E-state index contributed by atoms with van der Waals surface area (Å²) in [5.74, 6) is -2.29.